The maximum absolute atomic E-state index is 13.1. The predicted octanol–water partition coefficient (Wildman–Crippen LogP) is 14.7. The summed E-state index contributed by atoms with van der Waals surface area (Å²) in [5.74, 6) is -0.496. The number of carbonyl (C=O) groups is 2. The summed E-state index contributed by atoms with van der Waals surface area (Å²) >= 11 is 0. The number of esters is 1. The molecule has 0 radical (unpaired) electrons. The molecule has 338 valence electrons. The second-order valence-corrected chi connectivity index (χ2v) is 17.0. The van der Waals surface area contributed by atoms with Crippen molar-refractivity contribution in [2.24, 2.45) is 0 Å². The number of unbranched alkanes of at least 4 members (excludes halogenated alkanes) is 27. The van der Waals surface area contributed by atoms with Gasteiger partial charge in [-0.3, -0.25) is 9.59 Å². The van der Waals surface area contributed by atoms with Gasteiger partial charge in [0.25, 0.3) is 0 Å². The van der Waals surface area contributed by atoms with Gasteiger partial charge in [-0.2, -0.15) is 0 Å². The average Bonchev–Trinajstić information content (AvgIpc) is 3.22. The topological polar surface area (TPSA) is 95.9 Å². The normalized spacial score (nSPS) is 13.7. The molecule has 3 N–H and O–H groups in total. The van der Waals surface area contributed by atoms with E-state index >= 15 is 0 Å². The first kappa shape index (κ1) is 55.8. The van der Waals surface area contributed by atoms with Gasteiger partial charge in [0.05, 0.1) is 25.2 Å². The van der Waals surface area contributed by atoms with Crippen LogP contribution in [0.3, 0.4) is 0 Å². The van der Waals surface area contributed by atoms with E-state index in [1.165, 1.54) is 122 Å². The quantitative estimate of drug-likeness (QED) is 0.0323. The highest BCUT2D eigenvalue weighted by Crippen LogP contribution is 2.18. The summed E-state index contributed by atoms with van der Waals surface area (Å²) in [5, 5.41) is 23.6. The molecule has 0 rings (SSSR count). The smallest absolute Gasteiger partial charge is 0.306 e. The third-order valence-corrected chi connectivity index (χ3v) is 11.3. The molecule has 0 saturated carbocycles. The summed E-state index contributed by atoms with van der Waals surface area (Å²) in [7, 11) is 0. The van der Waals surface area contributed by atoms with Crippen LogP contribution in [0.4, 0.5) is 0 Å². The largest absolute Gasteiger partial charge is 0.462 e. The Morgan fingerprint density at radius 1 is 0.500 bits per heavy atom. The molecule has 6 nitrogen and oxygen atoms in total. The van der Waals surface area contributed by atoms with Gasteiger partial charge in [0.1, 0.15) is 6.10 Å². The molecular formula is C52H95NO5. The van der Waals surface area contributed by atoms with E-state index in [0.717, 1.165) is 77.0 Å². The van der Waals surface area contributed by atoms with Gasteiger partial charge in [0.2, 0.25) is 5.91 Å². The molecule has 0 fully saturated rings. The van der Waals surface area contributed by atoms with Crippen LogP contribution in [-0.2, 0) is 14.3 Å². The molecular weight excluding hydrogens is 719 g/mol. The third kappa shape index (κ3) is 40.6. The Kier molecular flexibility index (Phi) is 44.2. The molecule has 0 spiro atoms. The number of aliphatic hydroxyl groups is 2. The molecule has 3 unspecified atom stereocenters. The van der Waals surface area contributed by atoms with Crippen LogP contribution in [-0.4, -0.2) is 46.9 Å². The highest BCUT2D eigenvalue weighted by atomic mass is 16.5. The van der Waals surface area contributed by atoms with Gasteiger partial charge in [-0.15, -0.1) is 0 Å². The number of aliphatic hydroxyl groups excluding tert-OH is 2. The van der Waals surface area contributed by atoms with Gasteiger partial charge in [0, 0.05) is 6.42 Å². The lowest BCUT2D eigenvalue weighted by molar-refractivity contribution is -0.151. The van der Waals surface area contributed by atoms with Crippen molar-refractivity contribution in [1.82, 2.24) is 5.32 Å². The lowest BCUT2D eigenvalue weighted by atomic mass is 10.0. The molecule has 0 aliphatic rings. The third-order valence-electron chi connectivity index (χ3n) is 11.3. The number of nitrogens with one attached hydrogen (secondary N) is 1. The Morgan fingerprint density at radius 2 is 0.879 bits per heavy atom. The zero-order valence-electron chi connectivity index (χ0n) is 38.4. The van der Waals surface area contributed by atoms with Gasteiger partial charge < -0.3 is 20.3 Å². The first-order chi connectivity index (χ1) is 28.5. The summed E-state index contributed by atoms with van der Waals surface area (Å²) in [6.07, 6.45) is 54.5. The van der Waals surface area contributed by atoms with Crippen molar-refractivity contribution in [2.75, 3.05) is 6.61 Å². The van der Waals surface area contributed by atoms with Gasteiger partial charge in [-0.25, -0.2) is 0 Å². The standard InChI is InChI=1S/C52H95NO5/c1-4-7-10-13-16-19-21-23-24-25-26-27-28-30-33-36-39-42-45-52(57)58-48(43-40-37-34-32-29-22-20-17-14-11-8-5-2)46-51(56)53-49(47-54)50(55)44-41-38-35-31-18-15-12-9-6-3/h16,19,21,23-27,48-50,54-55H,4-15,17-18,20,22,28-47H2,1-3H3,(H,53,56)/b19-16+,23-21+,25-24+,27-26+. The van der Waals surface area contributed by atoms with E-state index in [0.29, 0.717) is 19.3 Å². The molecule has 6 heteroatoms. The van der Waals surface area contributed by atoms with E-state index in [9.17, 15) is 19.8 Å². The zero-order valence-corrected chi connectivity index (χ0v) is 38.4. The summed E-state index contributed by atoms with van der Waals surface area (Å²) in [6, 6.07) is -0.703. The lowest BCUT2D eigenvalue weighted by Crippen LogP contribution is -2.46. The molecule has 0 aromatic rings. The van der Waals surface area contributed by atoms with E-state index in [1.54, 1.807) is 0 Å². The first-order valence-electron chi connectivity index (χ1n) is 24.9. The molecule has 0 heterocycles. The fourth-order valence-corrected chi connectivity index (χ4v) is 7.44. The maximum atomic E-state index is 13.1. The monoisotopic (exact) mass is 814 g/mol. The summed E-state index contributed by atoms with van der Waals surface area (Å²) in [4.78, 5) is 26.1. The maximum Gasteiger partial charge on any atom is 0.306 e. The fraction of sp³-hybridized carbons (Fsp3) is 0.808. The van der Waals surface area contributed by atoms with Crippen LogP contribution in [0, 0.1) is 0 Å². The van der Waals surface area contributed by atoms with Crippen molar-refractivity contribution >= 4 is 11.9 Å². The number of amides is 1. The van der Waals surface area contributed by atoms with E-state index in [-0.39, 0.29) is 24.9 Å². The second kappa shape index (κ2) is 45.9. The number of allylic oxidation sites excluding steroid dienone is 8. The number of ether oxygens (including phenoxy) is 1. The van der Waals surface area contributed by atoms with Crippen LogP contribution in [0.2, 0.25) is 0 Å². The Labute approximate surface area is 359 Å². The van der Waals surface area contributed by atoms with Crippen LogP contribution in [0.25, 0.3) is 0 Å². The van der Waals surface area contributed by atoms with Gasteiger partial charge in [-0.1, -0.05) is 230 Å². The van der Waals surface area contributed by atoms with Crippen molar-refractivity contribution < 1.29 is 24.5 Å². The molecule has 0 bridgehead atoms. The molecule has 0 saturated heterocycles. The van der Waals surface area contributed by atoms with E-state index in [4.69, 9.17) is 4.74 Å². The number of rotatable bonds is 44. The van der Waals surface area contributed by atoms with Crippen LogP contribution in [0.5, 0.6) is 0 Å². The Bertz CT molecular complexity index is 1000. The molecule has 0 aliphatic heterocycles. The number of carbonyl (C=O) groups excluding carboxylic acids is 2. The van der Waals surface area contributed by atoms with Crippen molar-refractivity contribution in [3.05, 3.63) is 48.6 Å². The van der Waals surface area contributed by atoms with Gasteiger partial charge >= 0.3 is 5.97 Å². The van der Waals surface area contributed by atoms with Gasteiger partial charge in [-0.05, 0) is 51.4 Å². The van der Waals surface area contributed by atoms with Crippen molar-refractivity contribution in [3.63, 3.8) is 0 Å². The summed E-state index contributed by atoms with van der Waals surface area (Å²) in [6.45, 7) is 6.42. The molecule has 1 amide bonds. The van der Waals surface area contributed by atoms with Crippen LogP contribution in [0.15, 0.2) is 48.6 Å². The minimum Gasteiger partial charge on any atom is -0.462 e. The molecule has 3 atom stereocenters. The Balaban J connectivity index is 4.59. The fourth-order valence-electron chi connectivity index (χ4n) is 7.44. The molecule has 0 aromatic carbocycles. The van der Waals surface area contributed by atoms with Crippen LogP contribution < -0.4 is 5.32 Å². The summed E-state index contributed by atoms with van der Waals surface area (Å²) in [5.41, 5.74) is 0. The number of hydrogen-bond acceptors (Lipinski definition) is 5. The zero-order chi connectivity index (χ0) is 42.4. The Morgan fingerprint density at radius 3 is 1.36 bits per heavy atom. The highest BCUT2D eigenvalue weighted by Gasteiger charge is 2.24. The molecule has 58 heavy (non-hydrogen) atoms. The lowest BCUT2D eigenvalue weighted by Gasteiger charge is -2.24. The minimum atomic E-state index is -0.788. The average molecular weight is 814 g/mol. The molecule has 0 aliphatic carbocycles. The van der Waals surface area contributed by atoms with Crippen molar-refractivity contribution in [2.45, 2.75) is 264 Å². The van der Waals surface area contributed by atoms with Gasteiger partial charge in [0.15, 0.2) is 0 Å². The Hall–Kier alpha value is -2.18. The second-order valence-electron chi connectivity index (χ2n) is 17.0. The van der Waals surface area contributed by atoms with E-state index in [1.807, 2.05) is 0 Å². The summed E-state index contributed by atoms with van der Waals surface area (Å²) < 4.78 is 5.91. The SMILES string of the molecule is CCCCC/C=C/C=C/C=C/C=C/CCCCCCCC(=O)OC(CCCCCCCCCCCCCC)CC(=O)NC(CO)C(O)CCCCCCCCCCC. The predicted molar refractivity (Wildman–Crippen MR) is 250 cm³/mol. The van der Waals surface area contributed by atoms with E-state index in [2.05, 4.69) is 74.7 Å². The minimum absolute atomic E-state index is 0.0696. The van der Waals surface area contributed by atoms with Crippen LogP contribution in [0.1, 0.15) is 245 Å². The molecule has 0 aromatic heterocycles. The van der Waals surface area contributed by atoms with Crippen molar-refractivity contribution in [1.29, 1.82) is 0 Å². The first-order valence-corrected chi connectivity index (χ1v) is 24.9. The number of hydrogen-bond donors (Lipinski definition) is 3. The van der Waals surface area contributed by atoms with Crippen molar-refractivity contribution in [3.8, 4) is 0 Å². The van der Waals surface area contributed by atoms with E-state index < -0.39 is 18.2 Å². The highest BCUT2D eigenvalue weighted by molar-refractivity contribution is 5.77. The van der Waals surface area contributed by atoms with Crippen LogP contribution >= 0.6 is 0 Å².